The van der Waals surface area contributed by atoms with Gasteiger partial charge in [0, 0.05) is 12.1 Å². The summed E-state index contributed by atoms with van der Waals surface area (Å²) in [6.07, 6.45) is -4.31. The topological polar surface area (TPSA) is 21.3 Å². The molecule has 0 aliphatic rings. The summed E-state index contributed by atoms with van der Waals surface area (Å²) in [7, 11) is 1.59. The van der Waals surface area contributed by atoms with Crippen molar-refractivity contribution in [3.05, 3.63) is 29.8 Å². The molecule has 0 saturated carbocycles. The third-order valence-electron chi connectivity index (χ3n) is 2.83. The minimum Gasteiger partial charge on any atom is -0.496 e. The first-order valence-electron chi connectivity index (χ1n) is 6.26. The number of methoxy groups -OCH3 is 1. The fraction of sp³-hybridized carbons (Fsp3) is 0.571. The van der Waals surface area contributed by atoms with E-state index in [4.69, 9.17) is 4.74 Å². The molecule has 2 unspecified atom stereocenters. The van der Waals surface area contributed by atoms with Gasteiger partial charge in [-0.25, -0.2) is 0 Å². The van der Waals surface area contributed by atoms with Gasteiger partial charge in [0.25, 0.3) is 0 Å². The summed E-state index contributed by atoms with van der Waals surface area (Å²) in [5, 5.41) is 2.96. The maximum absolute atomic E-state index is 12.2. The summed E-state index contributed by atoms with van der Waals surface area (Å²) in [5.74, 6) is 0.764. The van der Waals surface area contributed by atoms with E-state index < -0.39 is 18.6 Å². The van der Waals surface area contributed by atoms with Gasteiger partial charge in [-0.2, -0.15) is 13.2 Å². The minimum absolute atomic E-state index is 0.0475. The number of hydrogen-bond donors (Lipinski definition) is 1. The number of rotatable bonds is 6. The van der Waals surface area contributed by atoms with Gasteiger partial charge in [0.05, 0.1) is 13.5 Å². The molecule has 0 radical (unpaired) electrons. The average Bonchev–Trinajstić information content (AvgIpc) is 2.26. The number of halogens is 3. The van der Waals surface area contributed by atoms with Crippen molar-refractivity contribution < 1.29 is 17.9 Å². The molecular formula is C14H20F3NO. The van der Waals surface area contributed by atoms with Crippen molar-refractivity contribution in [2.24, 2.45) is 0 Å². The highest BCUT2D eigenvalue weighted by Crippen LogP contribution is 2.22. The van der Waals surface area contributed by atoms with Gasteiger partial charge in [-0.3, -0.25) is 0 Å². The lowest BCUT2D eigenvalue weighted by Gasteiger charge is -2.21. The van der Waals surface area contributed by atoms with E-state index in [9.17, 15) is 13.2 Å². The quantitative estimate of drug-likeness (QED) is 0.857. The number of benzene rings is 1. The van der Waals surface area contributed by atoms with Gasteiger partial charge >= 0.3 is 6.18 Å². The highest BCUT2D eigenvalue weighted by molar-refractivity contribution is 5.33. The van der Waals surface area contributed by atoms with E-state index in [0.29, 0.717) is 6.42 Å². The Balaban J connectivity index is 2.53. The first kappa shape index (κ1) is 15.8. The molecule has 1 rings (SSSR count). The van der Waals surface area contributed by atoms with Gasteiger partial charge in [0.15, 0.2) is 0 Å². The zero-order valence-electron chi connectivity index (χ0n) is 11.4. The number of alkyl halides is 3. The van der Waals surface area contributed by atoms with E-state index in [1.165, 1.54) is 0 Å². The Kier molecular flexibility index (Phi) is 5.66. The van der Waals surface area contributed by atoms with Crippen LogP contribution >= 0.6 is 0 Å². The van der Waals surface area contributed by atoms with Crippen molar-refractivity contribution in [3.8, 4) is 5.75 Å². The molecule has 2 atom stereocenters. The van der Waals surface area contributed by atoms with Gasteiger partial charge in [-0.15, -0.1) is 0 Å². The van der Waals surface area contributed by atoms with Crippen LogP contribution in [0.4, 0.5) is 13.2 Å². The zero-order valence-corrected chi connectivity index (χ0v) is 11.4. The van der Waals surface area contributed by atoms with Crippen LogP contribution < -0.4 is 10.1 Å². The Morgan fingerprint density at radius 2 is 1.79 bits per heavy atom. The Bertz CT molecular complexity index is 393. The molecule has 0 bridgehead atoms. The summed E-state index contributed by atoms with van der Waals surface area (Å²) >= 11 is 0. The predicted octanol–water partition coefficient (Wildman–Crippen LogP) is 3.56. The average molecular weight is 275 g/mol. The van der Waals surface area contributed by atoms with E-state index in [-0.39, 0.29) is 6.04 Å². The minimum atomic E-state index is -4.13. The van der Waals surface area contributed by atoms with E-state index in [0.717, 1.165) is 11.3 Å². The van der Waals surface area contributed by atoms with Crippen molar-refractivity contribution in [2.45, 2.75) is 44.9 Å². The van der Waals surface area contributed by atoms with E-state index in [1.54, 1.807) is 14.0 Å². The van der Waals surface area contributed by atoms with Gasteiger partial charge in [-0.05, 0) is 31.9 Å². The smallest absolute Gasteiger partial charge is 0.390 e. The van der Waals surface area contributed by atoms with Crippen LogP contribution in [0.2, 0.25) is 0 Å². The molecule has 0 fully saturated rings. The van der Waals surface area contributed by atoms with Crippen molar-refractivity contribution in [1.29, 1.82) is 0 Å². The summed E-state index contributed by atoms with van der Waals surface area (Å²) in [4.78, 5) is 0. The zero-order chi connectivity index (χ0) is 14.5. The Labute approximate surface area is 112 Å². The molecular weight excluding hydrogens is 255 g/mol. The predicted molar refractivity (Wildman–Crippen MR) is 69.4 cm³/mol. The first-order chi connectivity index (χ1) is 8.81. The lowest BCUT2D eigenvalue weighted by Crippen LogP contribution is -2.38. The van der Waals surface area contributed by atoms with Crippen LogP contribution in [-0.4, -0.2) is 25.4 Å². The molecule has 5 heteroatoms. The van der Waals surface area contributed by atoms with Crippen LogP contribution in [0.1, 0.15) is 25.8 Å². The third-order valence-corrected chi connectivity index (χ3v) is 2.83. The molecule has 0 saturated heterocycles. The van der Waals surface area contributed by atoms with Crippen LogP contribution in [0.3, 0.4) is 0 Å². The normalized spacial score (nSPS) is 15.1. The summed E-state index contributed by atoms with van der Waals surface area (Å²) in [6.45, 7) is 3.42. The second kappa shape index (κ2) is 6.80. The molecule has 0 aromatic heterocycles. The molecule has 0 spiro atoms. The second-order valence-corrected chi connectivity index (χ2v) is 4.80. The lowest BCUT2D eigenvalue weighted by molar-refractivity contribution is -0.139. The monoisotopic (exact) mass is 275 g/mol. The number of ether oxygens (including phenoxy) is 1. The first-order valence-corrected chi connectivity index (χ1v) is 6.26. The van der Waals surface area contributed by atoms with E-state index in [1.807, 2.05) is 31.2 Å². The standard InChI is InChI=1S/C14H20F3NO/c1-10(18-11(2)9-14(15,16)17)8-12-6-4-5-7-13(12)19-3/h4-7,10-11,18H,8-9H2,1-3H3. The highest BCUT2D eigenvalue weighted by atomic mass is 19.4. The Morgan fingerprint density at radius 3 is 2.37 bits per heavy atom. The number of para-hydroxylation sites is 1. The highest BCUT2D eigenvalue weighted by Gasteiger charge is 2.30. The maximum Gasteiger partial charge on any atom is 0.390 e. The van der Waals surface area contributed by atoms with Crippen molar-refractivity contribution >= 4 is 0 Å². The molecule has 0 heterocycles. The van der Waals surface area contributed by atoms with Crippen LogP contribution in [0.25, 0.3) is 0 Å². The Hall–Kier alpha value is -1.23. The summed E-state index contributed by atoms with van der Waals surface area (Å²) in [5.41, 5.74) is 0.990. The van der Waals surface area contributed by atoms with Crippen molar-refractivity contribution in [1.82, 2.24) is 5.32 Å². The lowest BCUT2D eigenvalue weighted by atomic mass is 10.0. The van der Waals surface area contributed by atoms with Gasteiger partial charge in [0.2, 0.25) is 0 Å². The third kappa shape index (κ3) is 5.96. The molecule has 108 valence electrons. The molecule has 1 N–H and O–H groups in total. The summed E-state index contributed by atoms with van der Waals surface area (Å²) < 4.78 is 42.0. The van der Waals surface area contributed by atoms with Crippen molar-refractivity contribution in [3.63, 3.8) is 0 Å². The Morgan fingerprint density at radius 1 is 1.16 bits per heavy atom. The molecule has 19 heavy (non-hydrogen) atoms. The van der Waals surface area contributed by atoms with E-state index in [2.05, 4.69) is 5.32 Å². The SMILES string of the molecule is COc1ccccc1CC(C)NC(C)CC(F)(F)F. The van der Waals surface area contributed by atoms with Crippen LogP contribution in [0.15, 0.2) is 24.3 Å². The maximum atomic E-state index is 12.2. The van der Waals surface area contributed by atoms with Crippen molar-refractivity contribution in [2.75, 3.05) is 7.11 Å². The largest absolute Gasteiger partial charge is 0.496 e. The second-order valence-electron chi connectivity index (χ2n) is 4.80. The van der Waals surface area contributed by atoms with Gasteiger partial charge in [0.1, 0.15) is 5.75 Å². The van der Waals surface area contributed by atoms with Gasteiger partial charge in [-0.1, -0.05) is 18.2 Å². The molecule has 0 amide bonds. The molecule has 1 aromatic carbocycles. The van der Waals surface area contributed by atoms with E-state index >= 15 is 0 Å². The fourth-order valence-electron chi connectivity index (χ4n) is 2.15. The molecule has 0 aliphatic carbocycles. The number of hydrogen-bond acceptors (Lipinski definition) is 2. The summed E-state index contributed by atoms with van der Waals surface area (Å²) in [6, 6.07) is 6.89. The molecule has 1 aromatic rings. The number of nitrogens with one attached hydrogen (secondary N) is 1. The van der Waals surface area contributed by atoms with Crippen LogP contribution in [0.5, 0.6) is 5.75 Å². The van der Waals surface area contributed by atoms with Crippen LogP contribution in [0, 0.1) is 0 Å². The van der Waals surface area contributed by atoms with Gasteiger partial charge < -0.3 is 10.1 Å². The molecule has 2 nitrogen and oxygen atoms in total. The fourth-order valence-corrected chi connectivity index (χ4v) is 2.15. The van der Waals surface area contributed by atoms with Crippen LogP contribution in [-0.2, 0) is 6.42 Å². The molecule has 0 aliphatic heterocycles.